The number of benzene rings is 2. The van der Waals surface area contributed by atoms with Crippen LogP contribution < -0.4 is 5.56 Å². The summed E-state index contributed by atoms with van der Waals surface area (Å²) >= 11 is 0. The molecule has 0 N–H and O–H groups in total. The lowest BCUT2D eigenvalue weighted by Gasteiger charge is -2.10. The zero-order chi connectivity index (χ0) is 22.8. The lowest BCUT2D eigenvalue weighted by Crippen LogP contribution is -2.26. The second-order valence-corrected chi connectivity index (χ2v) is 7.38. The molecule has 0 radical (unpaired) electrons. The van der Waals surface area contributed by atoms with Crippen molar-refractivity contribution in [2.45, 2.75) is 20.4 Å². The van der Waals surface area contributed by atoms with E-state index >= 15 is 0 Å². The number of para-hydroxylation sites is 1. The summed E-state index contributed by atoms with van der Waals surface area (Å²) in [7, 11) is 0. The number of hydrogen-bond donors (Lipinski definition) is 0. The fraction of sp³-hybridized carbons (Fsp3) is 0.167. The highest BCUT2D eigenvalue weighted by Gasteiger charge is 2.19. The molecule has 0 atom stereocenters. The number of esters is 1. The molecule has 4 rings (SSSR count). The van der Waals surface area contributed by atoms with Crippen LogP contribution in [-0.2, 0) is 16.1 Å². The first-order valence-corrected chi connectivity index (χ1v) is 9.93. The summed E-state index contributed by atoms with van der Waals surface area (Å²) in [4.78, 5) is 41.6. The minimum absolute atomic E-state index is 0.355. The number of ether oxygens (including phenoxy) is 1. The van der Waals surface area contributed by atoms with E-state index in [4.69, 9.17) is 4.74 Å². The van der Waals surface area contributed by atoms with Crippen LogP contribution in [0.2, 0.25) is 0 Å². The van der Waals surface area contributed by atoms with Crippen LogP contribution in [0.15, 0.2) is 65.7 Å². The molecule has 0 saturated carbocycles. The van der Waals surface area contributed by atoms with E-state index in [2.05, 4.69) is 4.98 Å². The molecule has 0 aliphatic carbocycles. The summed E-state index contributed by atoms with van der Waals surface area (Å²) in [6.45, 7) is 2.72. The van der Waals surface area contributed by atoms with Gasteiger partial charge in [0.2, 0.25) is 5.78 Å². The molecule has 2 aromatic carbocycles. The lowest BCUT2D eigenvalue weighted by atomic mass is 10.1. The van der Waals surface area contributed by atoms with Gasteiger partial charge in [0.15, 0.2) is 6.61 Å². The minimum atomic E-state index is -0.725. The van der Waals surface area contributed by atoms with E-state index in [1.54, 1.807) is 60.9 Å². The second kappa shape index (κ2) is 8.58. The molecule has 32 heavy (non-hydrogen) atoms. The molecule has 8 heteroatoms. The Labute approximate surface area is 182 Å². The topological polar surface area (TPSA) is 83.2 Å². The van der Waals surface area contributed by atoms with Crippen molar-refractivity contribution in [2.24, 2.45) is 0 Å². The Hall–Kier alpha value is -4.07. The number of carbonyl (C=O) groups excluding carboxylic acids is 2. The zero-order valence-electron chi connectivity index (χ0n) is 17.5. The van der Waals surface area contributed by atoms with Crippen LogP contribution in [0.5, 0.6) is 0 Å². The third-order valence-corrected chi connectivity index (χ3v) is 5.19. The fourth-order valence-corrected chi connectivity index (χ4v) is 3.68. The van der Waals surface area contributed by atoms with Crippen molar-refractivity contribution in [3.8, 4) is 5.69 Å². The largest absolute Gasteiger partial charge is 0.456 e. The fourth-order valence-electron chi connectivity index (χ4n) is 3.68. The number of aryl methyl sites for hydroxylation is 1. The van der Waals surface area contributed by atoms with Gasteiger partial charge in [0, 0.05) is 22.6 Å². The zero-order valence-corrected chi connectivity index (χ0v) is 17.5. The molecule has 0 saturated heterocycles. The number of fused-ring (bicyclic) bond motifs is 1. The molecule has 2 aromatic heterocycles. The van der Waals surface area contributed by atoms with Gasteiger partial charge in [-0.1, -0.05) is 18.2 Å². The van der Waals surface area contributed by atoms with Crippen molar-refractivity contribution in [2.75, 3.05) is 6.61 Å². The number of hydrogen-bond acceptors (Lipinski definition) is 5. The third kappa shape index (κ3) is 4.07. The molecular weight excluding hydrogens is 413 g/mol. The van der Waals surface area contributed by atoms with Crippen molar-refractivity contribution in [1.82, 2.24) is 14.1 Å². The summed E-state index contributed by atoms with van der Waals surface area (Å²) < 4.78 is 21.6. The quantitative estimate of drug-likeness (QED) is 0.344. The van der Waals surface area contributed by atoms with Gasteiger partial charge in [-0.25, -0.2) is 9.37 Å². The molecule has 0 spiro atoms. The van der Waals surface area contributed by atoms with Crippen molar-refractivity contribution >= 4 is 22.7 Å². The maximum Gasteiger partial charge on any atom is 0.326 e. The molecular formula is C24H20FN3O4. The SMILES string of the molecule is Cc1cc(C(=O)COC(=O)Cn2cnc3ccccc3c2=O)c(C)n1-c1cccc(F)c1. The number of carbonyl (C=O) groups is 2. The lowest BCUT2D eigenvalue weighted by molar-refractivity contribution is -0.143. The van der Waals surface area contributed by atoms with E-state index in [9.17, 15) is 18.8 Å². The molecule has 7 nitrogen and oxygen atoms in total. The average Bonchev–Trinajstić information content (AvgIpc) is 3.08. The maximum atomic E-state index is 13.6. The molecule has 0 bridgehead atoms. The Kier molecular flexibility index (Phi) is 5.68. The summed E-state index contributed by atoms with van der Waals surface area (Å²) in [6, 6.07) is 14.6. The molecule has 4 aromatic rings. The van der Waals surface area contributed by atoms with Crippen LogP contribution in [0.25, 0.3) is 16.6 Å². The highest BCUT2D eigenvalue weighted by Crippen LogP contribution is 2.22. The van der Waals surface area contributed by atoms with Crippen LogP contribution in [0, 0.1) is 19.7 Å². The van der Waals surface area contributed by atoms with Crippen molar-refractivity contribution in [3.05, 3.63) is 94.0 Å². The van der Waals surface area contributed by atoms with Crippen molar-refractivity contribution in [1.29, 1.82) is 0 Å². The van der Waals surface area contributed by atoms with E-state index < -0.39 is 18.4 Å². The Bertz CT molecular complexity index is 1400. The molecule has 0 fully saturated rings. The summed E-state index contributed by atoms with van der Waals surface area (Å²) in [6.07, 6.45) is 1.28. The van der Waals surface area contributed by atoms with Crippen molar-refractivity contribution < 1.29 is 18.7 Å². The first kappa shape index (κ1) is 21.2. The van der Waals surface area contributed by atoms with Gasteiger partial charge < -0.3 is 9.30 Å². The minimum Gasteiger partial charge on any atom is -0.456 e. The highest BCUT2D eigenvalue weighted by atomic mass is 19.1. The number of nitrogens with zero attached hydrogens (tertiary/aromatic N) is 3. The molecule has 2 heterocycles. The van der Waals surface area contributed by atoms with Gasteiger partial charge in [0.25, 0.3) is 5.56 Å². The van der Waals surface area contributed by atoms with E-state index in [0.29, 0.717) is 27.8 Å². The molecule has 0 aliphatic heterocycles. The van der Waals surface area contributed by atoms with Gasteiger partial charge in [-0.3, -0.25) is 19.0 Å². The Morgan fingerprint density at radius 2 is 1.84 bits per heavy atom. The Morgan fingerprint density at radius 1 is 1.06 bits per heavy atom. The molecule has 0 aliphatic rings. The van der Waals surface area contributed by atoms with Gasteiger partial charge in [-0.2, -0.15) is 0 Å². The molecule has 162 valence electrons. The van der Waals surface area contributed by atoms with Crippen LogP contribution in [-0.4, -0.2) is 32.5 Å². The number of rotatable bonds is 6. The number of halogens is 1. The van der Waals surface area contributed by atoms with Gasteiger partial charge >= 0.3 is 5.97 Å². The molecule has 0 unspecified atom stereocenters. The maximum absolute atomic E-state index is 13.6. The second-order valence-electron chi connectivity index (χ2n) is 7.38. The van der Waals surface area contributed by atoms with Crippen LogP contribution in [0.4, 0.5) is 4.39 Å². The average molecular weight is 433 g/mol. The van der Waals surface area contributed by atoms with E-state index in [-0.39, 0.29) is 17.9 Å². The summed E-state index contributed by atoms with van der Waals surface area (Å²) in [5.74, 6) is -1.50. The predicted octanol–water partition coefficient (Wildman–Crippen LogP) is 3.37. The Morgan fingerprint density at radius 3 is 2.62 bits per heavy atom. The predicted molar refractivity (Wildman–Crippen MR) is 116 cm³/mol. The first-order valence-electron chi connectivity index (χ1n) is 9.93. The normalized spacial score (nSPS) is 11.0. The summed E-state index contributed by atoms with van der Waals surface area (Å²) in [5.41, 5.74) is 2.51. The van der Waals surface area contributed by atoms with Crippen molar-refractivity contribution in [3.63, 3.8) is 0 Å². The third-order valence-electron chi connectivity index (χ3n) is 5.19. The standard InChI is InChI=1S/C24H20FN3O4/c1-15-10-20(16(2)28(15)18-7-5-6-17(25)11-18)22(29)13-32-23(30)12-27-14-26-21-9-4-3-8-19(21)24(27)31/h3-11,14H,12-13H2,1-2H3. The first-order chi connectivity index (χ1) is 15.3. The summed E-state index contributed by atoms with van der Waals surface area (Å²) in [5, 5.41) is 0.392. The van der Waals surface area contributed by atoms with E-state index in [1.807, 2.05) is 0 Å². The molecule has 0 amide bonds. The van der Waals surface area contributed by atoms with Gasteiger partial charge in [-0.15, -0.1) is 0 Å². The van der Waals surface area contributed by atoms with Gasteiger partial charge in [0.1, 0.15) is 12.4 Å². The van der Waals surface area contributed by atoms with Crippen LogP contribution in [0.3, 0.4) is 0 Å². The van der Waals surface area contributed by atoms with Crippen LogP contribution in [0.1, 0.15) is 21.7 Å². The number of ketones is 1. The van der Waals surface area contributed by atoms with Gasteiger partial charge in [0.05, 0.1) is 17.2 Å². The van der Waals surface area contributed by atoms with Gasteiger partial charge in [-0.05, 0) is 50.2 Å². The smallest absolute Gasteiger partial charge is 0.326 e. The number of aromatic nitrogens is 3. The Balaban J connectivity index is 1.46. The highest BCUT2D eigenvalue weighted by molar-refractivity contribution is 5.99. The van der Waals surface area contributed by atoms with E-state index in [0.717, 1.165) is 10.3 Å². The number of Topliss-reactive ketones (excluding diaryl/α,β-unsaturated/α-hetero) is 1. The van der Waals surface area contributed by atoms with Crippen LogP contribution >= 0.6 is 0 Å². The van der Waals surface area contributed by atoms with E-state index in [1.165, 1.54) is 18.5 Å². The monoisotopic (exact) mass is 433 g/mol.